The molecule has 1 heterocycles. The molecular weight excluding hydrogens is 380 g/mol. The molecule has 4 aromatic rings. The molecule has 1 aromatic heterocycles. The number of aromatic nitrogens is 2. The Morgan fingerprint density at radius 2 is 1.57 bits per heavy atom. The summed E-state index contributed by atoms with van der Waals surface area (Å²) in [5.74, 6) is 0.159. The minimum absolute atomic E-state index is 0.0511. The minimum atomic E-state index is -0.817. The predicted octanol–water partition coefficient (Wildman–Crippen LogP) is 1.81. The van der Waals surface area contributed by atoms with Gasteiger partial charge in [-0.25, -0.2) is 4.39 Å². The van der Waals surface area contributed by atoms with Gasteiger partial charge in [-0.05, 0) is 42.0 Å². The van der Waals surface area contributed by atoms with Gasteiger partial charge >= 0.3 is 0 Å². The molecule has 152 valence electrons. The van der Waals surface area contributed by atoms with Gasteiger partial charge in [0.25, 0.3) is 0 Å². The van der Waals surface area contributed by atoms with E-state index in [1.165, 1.54) is 29.7 Å². The van der Waals surface area contributed by atoms with Crippen LogP contribution in [0.3, 0.4) is 0 Å². The number of hydrogen-bond acceptors (Lipinski definition) is 3. The summed E-state index contributed by atoms with van der Waals surface area (Å²) in [6, 6.07) is 21.8. The molecule has 0 fully saturated rings. The molecule has 5 nitrogen and oxygen atoms in total. The minimum Gasteiger partial charge on any atom is -0.491 e. The highest BCUT2D eigenvalue weighted by Gasteiger charge is 2.15. The summed E-state index contributed by atoms with van der Waals surface area (Å²) >= 11 is 0. The molecule has 1 atom stereocenters. The average molecular weight is 403 g/mol. The van der Waals surface area contributed by atoms with Gasteiger partial charge in [-0.1, -0.05) is 41.9 Å². The van der Waals surface area contributed by atoms with Crippen LogP contribution in [0.25, 0.3) is 11.0 Å². The van der Waals surface area contributed by atoms with Gasteiger partial charge in [0.2, 0.25) is 5.62 Å². The molecule has 0 spiro atoms. The highest BCUT2D eigenvalue weighted by atomic mass is 19.1. The van der Waals surface area contributed by atoms with Gasteiger partial charge in [0.15, 0.2) is 0 Å². The third-order valence-corrected chi connectivity index (χ3v) is 5.09. The fourth-order valence-corrected chi connectivity index (χ4v) is 3.50. The fraction of sp³-hybridized carbons (Fsp3) is 0.174. The van der Waals surface area contributed by atoms with Gasteiger partial charge in [0.1, 0.15) is 32.1 Å². The Bertz CT molecular complexity index is 1200. The number of hydrogen-bond donors (Lipinski definition) is 2. The molecule has 0 amide bonds. The van der Waals surface area contributed by atoms with E-state index in [0.29, 0.717) is 17.9 Å². The summed E-state index contributed by atoms with van der Waals surface area (Å²) in [4.78, 5) is 0. The Morgan fingerprint density at radius 3 is 2.23 bits per heavy atom. The smallest absolute Gasteiger partial charge is 0.203 e. The van der Waals surface area contributed by atoms with Crippen LogP contribution in [0.4, 0.5) is 4.39 Å². The SMILES string of the molecule is Bc1ccc(Cn2c(=N)n(CC(O)COc3ccc(F)cc3)c3ccccc32)cc1. The van der Waals surface area contributed by atoms with Gasteiger partial charge < -0.3 is 19.0 Å². The summed E-state index contributed by atoms with van der Waals surface area (Å²) < 4.78 is 22.3. The van der Waals surface area contributed by atoms with E-state index in [-0.39, 0.29) is 19.0 Å². The van der Waals surface area contributed by atoms with Gasteiger partial charge in [0.05, 0.1) is 24.1 Å². The van der Waals surface area contributed by atoms with Crippen molar-refractivity contribution in [3.63, 3.8) is 0 Å². The van der Waals surface area contributed by atoms with Gasteiger partial charge in [-0.2, -0.15) is 0 Å². The number of ether oxygens (including phenoxy) is 1. The third-order valence-electron chi connectivity index (χ3n) is 5.09. The van der Waals surface area contributed by atoms with Crippen molar-refractivity contribution in [1.29, 1.82) is 5.41 Å². The molecule has 1 unspecified atom stereocenters. The summed E-state index contributed by atoms with van der Waals surface area (Å²) in [6.07, 6.45) is -0.817. The summed E-state index contributed by atoms with van der Waals surface area (Å²) in [7, 11) is 2.05. The van der Waals surface area contributed by atoms with Crippen molar-refractivity contribution in [2.45, 2.75) is 19.2 Å². The van der Waals surface area contributed by atoms with Crippen LogP contribution in [0.5, 0.6) is 5.75 Å². The van der Waals surface area contributed by atoms with E-state index in [2.05, 4.69) is 24.3 Å². The summed E-state index contributed by atoms with van der Waals surface area (Å²) in [6.45, 7) is 0.853. The Balaban J connectivity index is 1.56. The van der Waals surface area contributed by atoms with E-state index < -0.39 is 6.10 Å². The van der Waals surface area contributed by atoms with Crippen LogP contribution in [0, 0.1) is 11.2 Å². The van der Waals surface area contributed by atoms with Gasteiger partial charge in [-0.3, -0.25) is 5.41 Å². The highest BCUT2D eigenvalue weighted by molar-refractivity contribution is 6.32. The lowest BCUT2D eigenvalue weighted by Crippen LogP contribution is -2.31. The molecular formula is C23H23BFN3O2. The van der Waals surface area contributed by atoms with Crippen LogP contribution in [0.1, 0.15) is 5.56 Å². The normalized spacial score (nSPS) is 12.2. The highest BCUT2D eigenvalue weighted by Crippen LogP contribution is 2.16. The summed E-state index contributed by atoms with van der Waals surface area (Å²) in [5, 5.41) is 19.2. The molecule has 0 radical (unpaired) electrons. The predicted molar refractivity (Wildman–Crippen MR) is 117 cm³/mol. The zero-order chi connectivity index (χ0) is 21.1. The molecule has 4 rings (SSSR count). The Labute approximate surface area is 174 Å². The van der Waals surface area contributed by atoms with Crippen molar-refractivity contribution >= 4 is 24.3 Å². The van der Waals surface area contributed by atoms with Crippen LogP contribution in [0.15, 0.2) is 72.8 Å². The number of nitrogens with one attached hydrogen (secondary N) is 1. The average Bonchev–Trinajstić information content (AvgIpc) is 3.01. The largest absolute Gasteiger partial charge is 0.491 e. The molecule has 2 N–H and O–H groups in total. The third kappa shape index (κ3) is 4.31. The van der Waals surface area contributed by atoms with Crippen LogP contribution in [-0.2, 0) is 13.1 Å². The van der Waals surface area contributed by atoms with E-state index in [9.17, 15) is 9.50 Å². The number of para-hydroxylation sites is 2. The molecule has 0 aliphatic heterocycles. The Morgan fingerprint density at radius 1 is 0.933 bits per heavy atom. The van der Waals surface area contributed by atoms with Crippen molar-refractivity contribution < 1.29 is 14.2 Å². The molecule has 0 aliphatic rings. The first-order chi connectivity index (χ1) is 14.5. The number of imidazole rings is 1. The molecule has 7 heteroatoms. The van der Waals surface area contributed by atoms with E-state index >= 15 is 0 Å². The summed E-state index contributed by atoms with van der Waals surface area (Å²) in [5.41, 5.74) is 4.45. The molecule has 30 heavy (non-hydrogen) atoms. The monoisotopic (exact) mass is 403 g/mol. The quantitative estimate of drug-likeness (QED) is 0.463. The van der Waals surface area contributed by atoms with Crippen LogP contribution in [-0.4, -0.2) is 34.8 Å². The number of nitrogens with zero attached hydrogens (tertiary/aromatic N) is 2. The number of fused-ring (bicyclic) bond motifs is 1. The lowest BCUT2D eigenvalue weighted by Gasteiger charge is -2.14. The molecule has 0 saturated heterocycles. The van der Waals surface area contributed by atoms with Crippen LogP contribution >= 0.6 is 0 Å². The number of halogens is 1. The van der Waals surface area contributed by atoms with E-state index in [4.69, 9.17) is 10.1 Å². The first-order valence-corrected chi connectivity index (χ1v) is 9.86. The number of rotatable bonds is 7. The lowest BCUT2D eigenvalue weighted by molar-refractivity contribution is 0.0921. The topological polar surface area (TPSA) is 63.2 Å². The molecule has 0 bridgehead atoms. The second-order valence-corrected chi connectivity index (χ2v) is 7.41. The first kappa shape index (κ1) is 20.0. The zero-order valence-electron chi connectivity index (χ0n) is 16.8. The Hall–Kier alpha value is -3.32. The number of aliphatic hydroxyl groups excluding tert-OH is 1. The Kier molecular flexibility index (Phi) is 5.72. The molecule has 3 aromatic carbocycles. The molecule has 0 aliphatic carbocycles. The second kappa shape index (κ2) is 8.59. The maximum absolute atomic E-state index is 13.0. The van der Waals surface area contributed by atoms with Crippen molar-refractivity contribution in [3.8, 4) is 5.75 Å². The fourth-order valence-electron chi connectivity index (χ4n) is 3.50. The van der Waals surface area contributed by atoms with Gasteiger partial charge in [-0.15, -0.1) is 0 Å². The first-order valence-electron chi connectivity index (χ1n) is 9.86. The second-order valence-electron chi connectivity index (χ2n) is 7.41. The van der Waals surface area contributed by atoms with Gasteiger partial charge in [0, 0.05) is 0 Å². The van der Waals surface area contributed by atoms with E-state index in [1.807, 2.05) is 36.7 Å². The van der Waals surface area contributed by atoms with Crippen LogP contribution in [0.2, 0.25) is 0 Å². The zero-order valence-corrected chi connectivity index (χ0v) is 16.8. The standard InChI is InChI=1S/C23H23BFN3O2/c24-17-7-5-16(6-8-17)13-27-21-3-1-2-4-22(21)28(23(27)26)14-19(29)15-30-20-11-9-18(25)10-12-20/h1-12,19,26,29H,13-15,24H2. The van der Waals surface area contributed by atoms with Crippen molar-refractivity contribution in [2.24, 2.45) is 0 Å². The van der Waals surface area contributed by atoms with Crippen molar-refractivity contribution in [2.75, 3.05) is 6.61 Å². The maximum Gasteiger partial charge on any atom is 0.203 e. The van der Waals surface area contributed by atoms with Crippen molar-refractivity contribution in [1.82, 2.24) is 9.13 Å². The van der Waals surface area contributed by atoms with Crippen molar-refractivity contribution in [3.05, 3.63) is 89.8 Å². The lowest BCUT2D eigenvalue weighted by atomic mass is 9.95. The van der Waals surface area contributed by atoms with Crippen LogP contribution < -0.4 is 15.8 Å². The number of benzene rings is 3. The maximum atomic E-state index is 13.0. The van der Waals surface area contributed by atoms with E-state index in [0.717, 1.165) is 16.6 Å². The molecule has 0 saturated carbocycles. The number of aliphatic hydroxyl groups is 1. The van der Waals surface area contributed by atoms with E-state index in [1.54, 1.807) is 4.57 Å².